The van der Waals surface area contributed by atoms with Gasteiger partial charge in [0.2, 0.25) is 5.91 Å². The minimum atomic E-state index is -0.770. The number of hydrogen-bond acceptors (Lipinski definition) is 5. The van der Waals surface area contributed by atoms with Gasteiger partial charge < -0.3 is 4.74 Å². The van der Waals surface area contributed by atoms with Crippen molar-refractivity contribution >= 4 is 39.2 Å². The topological polar surface area (TPSA) is 71.9 Å². The zero-order valence-electron chi connectivity index (χ0n) is 20.4. The lowest BCUT2D eigenvalue weighted by molar-refractivity contribution is -0.117. The lowest BCUT2D eigenvalue weighted by atomic mass is 10.0. The smallest absolute Gasteiger partial charge is 0.440 e. The van der Waals surface area contributed by atoms with Gasteiger partial charge in [0.1, 0.15) is 17.2 Å². The van der Waals surface area contributed by atoms with Crippen molar-refractivity contribution in [2.24, 2.45) is 4.36 Å². The summed E-state index contributed by atoms with van der Waals surface area (Å²) >= 11 is 1.30. The molecule has 1 unspecified atom stereocenters. The first-order valence-corrected chi connectivity index (χ1v) is 13.1. The number of carbonyl (C=O) groups is 2. The molecule has 6 nitrogen and oxygen atoms in total. The van der Waals surface area contributed by atoms with E-state index in [-0.39, 0.29) is 17.9 Å². The fourth-order valence-electron chi connectivity index (χ4n) is 3.14. The number of benzene rings is 2. The molecule has 3 rings (SSSR count). The van der Waals surface area contributed by atoms with Gasteiger partial charge in [0.05, 0.1) is 16.3 Å². The number of nitrogens with zero attached hydrogens (tertiary/aromatic N) is 3. The zero-order chi connectivity index (χ0) is 25.9. The van der Waals surface area contributed by atoms with Crippen LogP contribution in [0.15, 0.2) is 51.0 Å². The molecular formula is C25H27F2N3O3S2. The Morgan fingerprint density at radius 3 is 2.43 bits per heavy atom. The van der Waals surface area contributed by atoms with Crippen LogP contribution in [0.25, 0.3) is 11.1 Å². The number of amides is 2. The van der Waals surface area contributed by atoms with Crippen LogP contribution in [0.3, 0.4) is 0 Å². The van der Waals surface area contributed by atoms with E-state index in [0.29, 0.717) is 16.4 Å². The van der Waals surface area contributed by atoms with E-state index >= 15 is 0 Å². The van der Waals surface area contributed by atoms with Crippen molar-refractivity contribution in [3.05, 3.63) is 65.4 Å². The molecule has 1 heterocycles. The Morgan fingerprint density at radius 2 is 1.80 bits per heavy atom. The normalized spacial score (nSPS) is 12.5. The number of anilines is 1. The molecule has 0 fully saturated rings. The Morgan fingerprint density at radius 1 is 1.14 bits per heavy atom. The molecular weight excluding hydrogens is 492 g/mol. The molecule has 10 heteroatoms. The molecule has 2 aromatic carbocycles. The van der Waals surface area contributed by atoms with E-state index < -0.39 is 34.0 Å². The first-order valence-electron chi connectivity index (χ1n) is 10.7. The van der Waals surface area contributed by atoms with Gasteiger partial charge in [-0.25, -0.2) is 18.6 Å². The molecule has 0 N–H and O–H groups in total. The first kappa shape index (κ1) is 26.6. The minimum absolute atomic E-state index is 0.108. The fraction of sp³-hybridized carbons (Fsp3) is 0.320. The Labute approximate surface area is 210 Å². The van der Waals surface area contributed by atoms with Gasteiger partial charge >= 0.3 is 6.09 Å². The predicted molar refractivity (Wildman–Crippen MR) is 136 cm³/mol. The van der Waals surface area contributed by atoms with Gasteiger partial charge in [-0.2, -0.15) is 0 Å². The van der Waals surface area contributed by atoms with E-state index in [1.807, 2.05) is 6.92 Å². The van der Waals surface area contributed by atoms with Crippen molar-refractivity contribution in [3.63, 3.8) is 0 Å². The summed E-state index contributed by atoms with van der Waals surface area (Å²) < 4.78 is 37.7. The van der Waals surface area contributed by atoms with Crippen LogP contribution in [0, 0.1) is 18.6 Å². The van der Waals surface area contributed by atoms with Gasteiger partial charge in [0.25, 0.3) is 0 Å². The van der Waals surface area contributed by atoms with Crippen molar-refractivity contribution < 1.29 is 23.1 Å². The van der Waals surface area contributed by atoms with Crippen LogP contribution in [0.4, 0.5) is 18.7 Å². The molecule has 35 heavy (non-hydrogen) atoms. The van der Waals surface area contributed by atoms with E-state index in [0.717, 1.165) is 28.0 Å². The number of thiazole rings is 1. The van der Waals surface area contributed by atoms with Gasteiger partial charge in [-0.1, -0.05) is 35.6 Å². The fourth-order valence-corrected chi connectivity index (χ4v) is 5.56. The van der Waals surface area contributed by atoms with Crippen LogP contribution in [0.5, 0.6) is 0 Å². The lowest BCUT2D eigenvalue weighted by Gasteiger charge is -2.17. The average Bonchev–Trinajstić information content (AvgIpc) is 3.15. The molecule has 1 atom stereocenters. The standard InChI is InChI=1S/C25H27F2N3O3S2/c1-15-22(35(6)29-24(32)33-25(2,3)4)34-23(28-15)30(5)21(31)13-16-7-9-17(10-8-16)19-14-18(26)11-12-20(19)27/h7-12,14H,13H2,1-6H3. The third-order valence-corrected chi connectivity index (χ3v) is 8.08. The van der Waals surface area contributed by atoms with Crippen molar-refractivity contribution in [2.75, 3.05) is 18.2 Å². The highest BCUT2D eigenvalue weighted by molar-refractivity contribution is 7.89. The average molecular weight is 520 g/mol. The molecule has 0 aliphatic carbocycles. The maximum absolute atomic E-state index is 14.0. The minimum Gasteiger partial charge on any atom is -0.442 e. The summed E-state index contributed by atoms with van der Waals surface area (Å²) in [5.74, 6) is -1.22. The van der Waals surface area contributed by atoms with Crippen molar-refractivity contribution in [3.8, 4) is 11.1 Å². The van der Waals surface area contributed by atoms with Gasteiger partial charge in [0.15, 0.2) is 5.13 Å². The number of aromatic nitrogens is 1. The third kappa shape index (κ3) is 7.02. The largest absolute Gasteiger partial charge is 0.442 e. The highest BCUT2D eigenvalue weighted by Gasteiger charge is 2.20. The number of rotatable bonds is 5. The second-order valence-corrected chi connectivity index (χ2v) is 11.7. The van der Waals surface area contributed by atoms with Crippen molar-refractivity contribution in [1.82, 2.24) is 4.98 Å². The second kappa shape index (κ2) is 10.7. The number of ether oxygens (including phenoxy) is 1. The molecule has 0 radical (unpaired) electrons. The molecule has 0 aliphatic heterocycles. The number of carbonyl (C=O) groups excluding carboxylic acids is 2. The summed E-state index contributed by atoms with van der Waals surface area (Å²) in [7, 11) is 0.868. The summed E-state index contributed by atoms with van der Waals surface area (Å²) in [6, 6.07) is 10.0. The molecule has 1 aromatic heterocycles. The van der Waals surface area contributed by atoms with Gasteiger partial charge in [-0.05, 0) is 74.0 Å². The molecule has 2 amide bonds. The maximum Gasteiger partial charge on any atom is 0.440 e. The van der Waals surface area contributed by atoms with E-state index in [1.165, 1.54) is 16.2 Å². The quantitative estimate of drug-likeness (QED) is 0.395. The molecule has 0 spiro atoms. The number of halogens is 2. The number of aryl methyl sites for hydroxylation is 1. The molecule has 3 aromatic rings. The first-order chi connectivity index (χ1) is 16.3. The van der Waals surface area contributed by atoms with Crippen LogP contribution in [0.2, 0.25) is 0 Å². The van der Waals surface area contributed by atoms with E-state index in [1.54, 1.807) is 58.3 Å². The van der Waals surface area contributed by atoms with Crippen molar-refractivity contribution in [2.45, 2.75) is 43.9 Å². The maximum atomic E-state index is 14.0. The highest BCUT2D eigenvalue weighted by Crippen LogP contribution is 2.29. The Bertz CT molecular complexity index is 1280. The summed E-state index contributed by atoms with van der Waals surface area (Å²) in [4.78, 5) is 30.9. The Hall–Kier alpha value is -2.98. The monoisotopic (exact) mass is 519 g/mol. The van der Waals surface area contributed by atoms with E-state index in [9.17, 15) is 18.4 Å². The Balaban J connectivity index is 1.71. The molecule has 0 saturated carbocycles. The van der Waals surface area contributed by atoms with E-state index in [4.69, 9.17) is 4.74 Å². The summed E-state index contributed by atoms with van der Waals surface area (Å²) in [5, 5.41) is 0.500. The van der Waals surface area contributed by atoms with E-state index in [2.05, 4.69) is 9.35 Å². The molecule has 186 valence electrons. The summed E-state index contributed by atoms with van der Waals surface area (Å²) in [5.41, 5.74) is 1.48. The molecule has 0 saturated heterocycles. The van der Waals surface area contributed by atoms with Crippen molar-refractivity contribution in [1.29, 1.82) is 0 Å². The van der Waals surface area contributed by atoms with Crippen LogP contribution in [-0.4, -0.2) is 35.9 Å². The molecule has 0 aliphatic rings. The van der Waals surface area contributed by atoms with Gasteiger partial charge in [0, 0.05) is 12.6 Å². The predicted octanol–water partition coefficient (Wildman–Crippen LogP) is 6.33. The number of likely N-dealkylation sites (N-methyl/N-ethyl adjacent to an activating group) is 1. The van der Waals surface area contributed by atoms with Crippen LogP contribution in [0.1, 0.15) is 32.0 Å². The summed E-state index contributed by atoms with van der Waals surface area (Å²) in [6.07, 6.45) is 1.28. The van der Waals surface area contributed by atoms with Gasteiger partial charge in [-0.15, -0.1) is 4.36 Å². The zero-order valence-corrected chi connectivity index (χ0v) is 22.0. The number of hydrogen-bond donors (Lipinski definition) is 0. The molecule has 0 bridgehead atoms. The second-order valence-electron chi connectivity index (χ2n) is 8.87. The SMILES string of the molecule is Cc1nc(N(C)C(=O)Cc2ccc(-c3cc(F)ccc3F)cc2)sc1/S(C)=N/C(=O)OC(C)(C)C. The lowest BCUT2D eigenvalue weighted by Crippen LogP contribution is -2.27. The van der Waals surface area contributed by atoms with Gasteiger partial charge in [-0.3, -0.25) is 9.69 Å². The third-order valence-electron chi connectivity index (χ3n) is 4.83. The highest BCUT2D eigenvalue weighted by atomic mass is 32.2. The Kier molecular flexibility index (Phi) is 8.17. The van der Waals surface area contributed by atoms with Crippen LogP contribution >= 0.6 is 11.3 Å². The van der Waals surface area contributed by atoms with Crippen LogP contribution < -0.4 is 4.90 Å². The summed E-state index contributed by atoms with van der Waals surface area (Å²) in [6.45, 7) is 7.14. The van der Waals surface area contributed by atoms with Crippen LogP contribution in [-0.2, 0) is 26.6 Å².